The van der Waals surface area contributed by atoms with E-state index < -0.39 is 34.9 Å². The van der Waals surface area contributed by atoms with Gasteiger partial charge in [0, 0.05) is 11.6 Å². The van der Waals surface area contributed by atoms with Crippen molar-refractivity contribution in [3.05, 3.63) is 39.7 Å². The summed E-state index contributed by atoms with van der Waals surface area (Å²) in [6.45, 7) is 0. The normalized spacial score (nSPS) is 12.1. The number of carboxylic acid groups (broad SMARTS) is 1. The van der Waals surface area contributed by atoms with Crippen LogP contribution in [0.4, 0.5) is 10.1 Å². The lowest BCUT2D eigenvalue weighted by atomic mass is 10.1. The summed E-state index contributed by atoms with van der Waals surface area (Å²) in [5, 5.41) is 28.0. The lowest BCUT2D eigenvalue weighted by Gasteiger charge is -2.08. The lowest BCUT2D eigenvalue weighted by Crippen LogP contribution is -2.07. The quantitative estimate of drug-likeness (QED) is 0.597. The fourth-order valence-electron chi connectivity index (χ4n) is 1.18. The summed E-state index contributed by atoms with van der Waals surface area (Å²) in [5.74, 6) is -2.28. The van der Waals surface area contributed by atoms with Crippen molar-refractivity contribution in [2.45, 2.75) is 12.5 Å². The van der Waals surface area contributed by atoms with E-state index in [0.717, 1.165) is 12.1 Å². The Hall–Kier alpha value is -2.02. The molecule has 0 saturated carbocycles. The number of aliphatic carboxylic acids is 1. The third-order valence-electron chi connectivity index (χ3n) is 1.92. The maximum Gasteiger partial charge on any atom is 0.306 e. The zero-order valence-corrected chi connectivity index (χ0v) is 7.96. The monoisotopic (exact) mass is 229 g/mol. The Morgan fingerprint density at radius 1 is 1.56 bits per heavy atom. The fourth-order valence-corrected chi connectivity index (χ4v) is 1.18. The molecule has 1 atom stereocenters. The average molecular weight is 229 g/mol. The van der Waals surface area contributed by atoms with Gasteiger partial charge in [0.05, 0.1) is 23.5 Å². The number of non-ortho nitro benzene ring substituents is 1. The third kappa shape index (κ3) is 2.74. The standard InChI is InChI=1S/C9H8FNO5/c10-7-3-5(11(15)16)1-2-6(7)8(12)4-9(13)14/h1-3,8,12H,4H2,(H,13,14)/t8-/m0/s1. The number of carboxylic acids is 1. The van der Waals surface area contributed by atoms with E-state index in [1.807, 2.05) is 0 Å². The summed E-state index contributed by atoms with van der Waals surface area (Å²) in [7, 11) is 0. The van der Waals surface area contributed by atoms with Crippen molar-refractivity contribution in [1.29, 1.82) is 0 Å². The van der Waals surface area contributed by atoms with Gasteiger partial charge in [-0.1, -0.05) is 0 Å². The number of hydrogen-bond donors (Lipinski definition) is 2. The minimum atomic E-state index is -1.52. The van der Waals surface area contributed by atoms with Crippen LogP contribution in [0.1, 0.15) is 18.1 Å². The summed E-state index contributed by atoms with van der Waals surface area (Å²) in [4.78, 5) is 19.8. The molecule has 0 bridgehead atoms. The molecule has 0 heterocycles. The van der Waals surface area contributed by atoms with Gasteiger partial charge < -0.3 is 10.2 Å². The molecular formula is C9H8FNO5. The summed E-state index contributed by atoms with van der Waals surface area (Å²) in [5.41, 5.74) is -0.725. The number of nitrogens with zero attached hydrogens (tertiary/aromatic N) is 1. The van der Waals surface area contributed by atoms with Crippen LogP contribution in [0.3, 0.4) is 0 Å². The number of nitro benzene ring substituents is 1. The molecule has 6 nitrogen and oxygen atoms in total. The molecule has 0 radical (unpaired) electrons. The van der Waals surface area contributed by atoms with E-state index >= 15 is 0 Å². The van der Waals surface area contributed by atoms with Crippen molar-refractivity contribution >= 4 is 11.7 Å². The number of rotatable bonds is 4. The van der Waals surface area contributed by atoms with Gasteiger partial charge in [0.15, 0.2) is 0 Å². The van der Waals surface area contributed by atoms with Crippen molar-refractivity contribution in [3.8, 4) is 0 Å². The Labute approximate surface area is 89.1 Å². The first kappa shape index (κ1) is 12.1. The van der Waals surface area contributed by atoms with Crippen LogP contribution in [0.15, 0.2) is 18.2 Å². The predicted molar refractivity (Wildman–Crippen MR) is 50.3 cm³/mol. The molecule has 0 unspecified atom stereocenters. The third-order valence-corrected chi connectivity index (χ3v) is 1.92. The van der Waals surface area contributed by atoms with Crippen LogP contribution >= 0.6 is 0 Å². The Bertz CT molecular complexity index is 434. The van der Waals surface area contributed by atoms with Crippen LogP contribution in [0.5, 0.6) is 0 Å². The van der Waals surface area contributed by atoms with E-state index in [1.54, 1.807) is 0 Å². The molecule has 0 spiro atoms. The molecule has 0 aliphatic heterocycles. The van der Waals surface area contributed by atoms with Gasteiger partial charge in [-0.3, -0.25) is 14.9 Å². The summed E-state index contributed by atoms with van der Waals surface area (Å²) in [6, 6.07) is 2.64. The van der Waals surface area contributed by atoms with Gasteiger partial charge in [0.25, 0.3) is 5.69 Å². The number of hydrogen-bond acceptors (Lipinski definition) is 4. The zero-order chi connectivity index (χ0) is 12.3. The second kappa shape index (κ2) is 4.67. The van der Waals surface area contributed by atoms with Gasteiger partial charge in [-0.25, -0.2) is 4.39 Å². The van der Waals surface area contributed by atoms with E-state index in [-0.39, 0.29) is 5.56 Å². The first-order valence-corrected chi connectivity index (χ1v) is 4.25. The maximum atomic E-state index is 13.3. The van der Waals surface area contributed by atoms with Gasteiger partial charge in [-0.15, -0.1) is 0 Å². The van der Waals surface area contributed by atoms with Crippen molar-refractivity contribution in [2.24, 2.45) is 0 Å². The molecule has 0 aliphatic rings. The molecule has 0 amide bonds. The summed E-state index contributed by atoms with van der Waals surface area (Å²) < 4.78 is 13.3. The van der Waals surface area contributed by atoms with Crippen molar-refractivity contribution in [2.75, 3.05) is 0 Å². The smallest absolute Gasteiger partial charge is 0.306 e. The molecule has 86 valence electrons. The second-order valence-corrected chi connectivity index (χ2v) is 3.08. The Morgan fingerprint density at radius 3 is 2.62 bits per heavy atom. The molecule has 7 heteroatoms. The van der Waals surface area contributed by atoms with Gasteiger partial charge in [-0.2, -0.15) is 0 Å². The van der Waals surface area contributed by atoms with E-state index in [1.165, 1.54) is 0 Å². The Morgan fingerprint density at radius 2 is 2.19 bits per heavy atom. The first-order chi connectivity index (χ1) is 7.41. The molecule has 0 saturated heterocycles. The molecule has 2 N–H and O–H groups in total. The molecule has 0 fully saturated rings. The summed E-state index contributed by atoms with van der Waals surface area (Å²) >= 11 is 0. The van der Waals surface area contributed by atoms with Crippen LogP contribution in [-0.4, -0.2) is 21.1 Å². The van der Waals surface area contributed by atoms with Gasteiger partial charge in [0.1, 0.15) is 5.82 Å². The van der Waals surface area contributed by atoms with Crippen LogP contribution in [0.25, 0.3) is 0 Å². The van der Waals surface area contributed by atoms with Crippen LogP contribution in [-0.2, 0) is 4.79 Å². The van der Waals surface area contributed by atoms with Crippen molar-refractivity contribution in [3.63, 3.8) is 0 Å². The topological polar surface area (TPSA) is 101 Å². The van der Waals surface area contributed by atoms with E-state index in [0.29, 0.717) is 6.07 Å². The van der Waals surface area contributed by atoms with Crippen LogP contribution in [0.2, 0.25) is 0 Å². The number of nitro groups is 1. The first-order valence-electron chi connectivity index (χ1n) is 4.25. The SMILES string of the molecule is O=C(O)C[C@H](O)c1ccc([N+](=O)[O-])cc1F. The predicted octanol–water partition coefficient (Wildman–Crippen LogP) is 1.24. The van der Waals surface area contributed by atoms with Gasteiger partial charge >= 0.3 is 5.97 Å². The number of halogens is 1. The van der Waals surface area contributed by atoms with Crippen molar-refractivity contribution in [1.82, 2.24) is 0 Å². The van der Waals surface area contributed by atoms with Crippen LogP contribution in [0, 0.1) is 15.9 Å². The molecular weight excluding hydrogens is 221 g/mol. The highest BCUT2D eigenvalue weighted by Crippen LogP contribution is 2.23. The minimum Gasteiger partial charge on any atom is -0.481 e. The highest BCUT2D eigenvalue weighted by atomic mass is 19.1. The van der Waals surface area contributed by atoms with E-state index in [9.17, 15) is 24.4 Å². The van der Waals surface area contributed by atoms with Gasteiger partial charge in [0.2, 0.25) is 0 Å². The number of aliphatic hydroxyl groups is 1. The number of carbonyl (C=O) groups is 1. The fraction of sp³-hybridized carbons (Fsp3) is 0.222. The Balaban J connectivity index is 2.98. The summed E-state index contributed by atoms with van der Waals surface area (Å²) in [6.07, 6.45) is -2.17. The second-order valence-electron chi connectivity index (χ2n) is 3.08. The van der Waals surface area contributed by atoms with Crippen LogP contribution < -0.4 is 0 Å². The number of aliphatic hydroxyl groups excluding tert-OH is 1. The largest absolute Gasteiger partial charge is 0.481 e. The lowest BCUT2D eigenvalue weighted by molar-refractivity contribution is -0.385. The molecule has 1 rings (SSSR count). The zero-order valence-electron chi connectivity index (χ0n) is 7.96. The Kier molecular flexibility index (Phi) is 3.51. The minimum absolute atomic E-state index is 0.270. The maximum absolute atomic E-state index is 13.3. The highest BCUT2D eigenvalue weighted by molar-refractivity contribution is 5.67. The molecule has 1 aromatic carbocycles. The molecule has 16 heavy (non-hydrogen) atoms. The molecule has 1 aromatic rings. The van der Waals surface area contributed by atoms with Gasteiger partial charge in [-0.05, 0) is 6.07 Å². The number of benzene rings is 1. The molecule has 0 aromatic heterocycles. The molecule has 0 aliphatic carbocycles. The highest BCUT2D eigenvalue weighted by Gasteiger charge is 2.18. The van der Waals surface area contributed by atoms with E-state index in [2.05, 4.69) is 0 Å². The average Bonchev–Trinajstić information content (AvgIpc) is 2.15. The van der Waals surface area contributed by atoms with Crippen molar-refractivity contribution < 1.29 is 24.3 Å². The van der Waals surface area contributed by atoms with E-state index in [4.69, 9.17) is 5.11 Å².